The van der Waals surface area contributed by atoms with Crippen molar-refractivity contribution < 1.29 is 13.9 Å². The Bertz CT molecular complexity index is 172. The van der Waals surface area contributed by atoms with Crippen molar-refractivity contribution in [2.75, 3.05) is 18.5 Å². The summed E-state index contributed by atoms with van der Waals surface area (Å²) in [7, 11) is -1.67. The first-order valence-corrected chi connectivity index (χ1v) is 9.26. The van der Waals surface area contributed by atoms with E-state index in [2.05, 4.69) is 29.8 Å². The zero-order valence-corrected chi connectivity index (χ0v) is 14.2. The van der Waals surface area contributed by atoms with Crippen molar-refractivity contribution >= 4 is 24.5 Å². The second-order valence-electron chi connectivity index (χ2n) is 4.75. The molecule has 18 heavy (non-hydrogen) atoms. The molecule has 2 unspecified atom stereocenters. The lowest BCUT2D eigenvalue weighted by Crippen LogP contribution is -2.05. The summed E-state index contributed by atoms with van der Waals surface area (Å²) in [6.45, 7) is 5.45. The van der Waals surface area contributed by atoms with Crippen molar-refractivity contribution in [1.82, 2.24) is 0 Å². The largest absolute Gasteiger partial charge is 0.329 e. The van der Waals surface area contributed by atoms with E-state index in [1.54, 1.807) is 0 Å². The molecule has 0 aromatic carbocycles. The molecule has 0 amide bonds. The first-order chi connectivity index (χ1) is 8.70. The van der Waals surface area contributed by atoms with Crippen molar-refractivity contribution in [2.45, 2.75) is 58.8 Å². The molecule has 0 spiro atoms. The molecule has 1 N–H and O–H groups in total. The maximum absolute atomic E-state index is 9.47. The van der Waals surface area contributed by atoms with Crippen LogP contribution in [-0.2, 0) is 9.05 Å². The predicted octanol–water partition coefficient (Wildman–Crippen LogP) is 5.02. The molecule has 0 aromatic heterocycles. The maximum atomic E-state index is 9.47. The van der Waals surface area contributed by atoms with E-state index < -0.39 is 8.60 Å². The van der Waals surface area contributed by atoms with Gasteiger partial charge in [0.05, 0.1) is 13.2 Å². The summed E-state index contributed by atoms with van der Waals surface area (Å²) in [5.41, 5.74) is 0. The normalized spacial score (nSPS) is 14.7. The van der Waals surface area contributed by atoms with Gasteiger partial charge in [0, 0.05) is 5.33 Å². The molecule has 110 valence electrons. The van der Waals surface area contributed by atoms with Crippen LogP contribution < -0.4 is 0 Å². The maximum Gasteiger partial charge on any atom is 0.329 e. The third-order valence-corrected chi connectivity index (χ3v) is 4.56. The van der Waals surface area contributed by atoms with E-state index in [0.29, 0.717) is 19.1 Å². The third kappa shape index (κ3) is 13.2. The molecule has 0 aromatic rings. The number of hydrogen-bond acceptors (Lipinski definition) is 3. The topological polar surface area (TPSA) is 38.7 Å². The van der Waals surface area contributed by atoms with Crippen LogP contribution in [0.4, 0.5) is 0 Å². The van der Waals surface area contributed by atoms with Gasteiger partial charge in [-0.3, -0.25) is 0 Å². The highest BCUT2D eigenvalue weighted by molar-refractivity contribution is 9.09. The molecule has 0 saturated carbocycles. The minimum Gasteiger partial charge on any atom is -0.328 e. The van der Waals surface area contributed by atoms with Crippen LogP contribution in [0.5, 0.6) is 0 Å². The molecule has 5 heteroatoms. The molecule has 0 heterocycles. The lowest BCUT2D eigenvalue weighted by atomic mass is 10.1. The fourth-order valence-corrected chi connectivity index (χ4v) is 2.40. The van der Waals surface area contributed by atoms with Gasteiger partial charge < -0.3 is 13.9 Å². The van der Waals surface area contributed by atoms with Crippen molar-refractivity contribution in [1.29, 1.82) is 0 Å². The Labute approximate surface area is 122 Å². The monoisotopic (exact) mass is 342 g/mol. The van der Waals surface area contributed by atoms with Gasteiger partial charge in [-0.15, -0.1) is 0 Å². The minimum absolute atomic E-state index is 0.407. The Morgan fingerprint density at radius 3 is 2.28 bits per heavy atom. The zero-order valence-electron chi connectivity index (χ0n) is 11.7. The van der Waals surface area contributed by atoms with Crippen LogP contribution >= 0.6 is 24.5 Å². The zero-order chi connectivity index (χ0) is 13.6. The van der Waals surface area contributed by atoms with Crippen molar-refractivity contribution in [3.8, 4) is 0 Å². The molecule has 2 atom stereocenters. The van der Waals surface area contributed by atoms with Crippen LogP contribution in [0.25, 0.3) is 0 Å². The summed E-state index contributed by atoms with van der Waals surface area (Å²) >= 11 is 3.37. The van der Waals surface area contributed by atoms with Gasteiger partial charge in [-0.1, -0.05) is 68.3 Å². The molecule has 3 nitrogen and oxygen atoms in total. The highest BCUT2D eigenvalue weighted by Crippen LogP contribution is 2.33. The second-order valence-corrected chi connectivity index (χ2v) is 6.39. The fraction of sp³-hybridized carbons (Fsp3) is 1.00. The summed E-state index contributed by atoms with van der Waals surface area (Å²) in [6.07, 6.45) is 8.78. The molecule has 0 aliphatic heterocycles. The smallest absolute Gasteiger partial charge is 0.328 e. The highest BCUT2D eigenvalue weighted by Gasteiger charge is 2.08. The quantitative estimate of drug-likeness (QED) is 0.290. The highest BCUT2D eigenvalue weighted by atomic mass is 79.9. The Morgan fingerprint density at radius 1 is 1.06 bits per heavy atom. The van der Waals surface area contributed by atoms with Gasteiger partial charge in [0.25, 0.3) is 0 Å². The number of rotatable bonds is 13. The number of hydrogen-bond donors (Lipinski definition) is 1. The van der Waals surface area contributed by atoms with E-state index in [1.807, 2.05) is 0 Å². The van der Waals surface area contributed by atoms with Crippen LogP contribution in [0.1, 0.15) is 58.8 Å². The minimum atomic E-state index is -1.67. The van der Waals surface area contributed by atoms with E-state index in [-0.39, 0.29) is 0 Å². The number of alkyl halides is 1. The summed E-state index contributed by atoms with van der Waals surface area (Å²) in [5.74, 6) is 0.407. The Kier molecular flexibility index (Phi) is 14.8. The first-order valence-electron chi connectivity index (χ1n) is 7.01. The predicted molar refractivity (Wildman–Crippen MR) is 82.0 cm³/mol. The van der Waals surface area contributed by atoms with Crippen LogP contribution in [0.2, 0.25) is 0 Å². The van der Waals surface area contributed by atoms with E-state index in [9.17, 15) is 4.89 Å². The van der Waals surface area contributed by atoms with Gasteiger partial charge in [-0.2, -0.15) is 0 Å². The molecule has 0 rings (SSSR count). The molecule has 0 aliphatic rings. The standard InChI is InChI=1S/C13H28BrO3P/c1-3-4-5-6-7-8-9-10-16-18(15)17-12-13(2)11-14/h13,15H,3-12H2,1-2H3. The fourth-order valence-electron chi connectivity index (χ4n) is 1.47. The molecule has 0 bridgehead atoms. The van der Waals surface area contributed by atoms with E-state index in [1.165, 1.54) is 38.5 Å². The van der Waals surface area contributed by atoms with Crippen LogP contribution in [0, 0.1) is 5.92 Å². The van der Waals surface area contributed by atoms with E-state index >= 15 is 0 Å². The first kappa shape index (κ1) is 18.8. The lowest BCUT2D eigenvalue weighted by Gasteiger charge is -2.13. The average Bonchev–Trinajstić information content (AvgIpc) is 2.39. The Morgan fingerprint density at radius 2 is 1.67 bits per heavy atom. The number of unbranched alkanes of at least 4 members (excludes halogenated alkanes) is 6. The molecule has 0 fully saturated rings. The third-order valence-electron chi connectivity index (χ3n) is 2.68. The van der Waals surface area contributed by atoms with Gasteiger partial charge >= 0.3 is 8.60 Å². The SMILES string of the molecule is CCCCCCCCCOP(O)OCC(C)CBr. The van der Waals surface area contributed by atoms with Gasteiger partial charge in [0.15, 0.2) is 0 Å². The summed E-state index contributed by atoms with van der Waals surface area (Å²) < 4.78 is 10.5. The molecular weight excluding hydrogens is 315 g/mol. The molecule has 0 radical (unpaired) electrons. The van der Waals surface area contributed by atoms with Crippen LogP contribution in [0.3, 0.4) is 0 Å². The van der Waals surface area contributed by atoms with Crippen LogP contribution in [0.15, 0.2) is 0 Å². The second kappa shape index (κ2) is 14.2. The van der Waals surface area contributed by atoms with E-state index in [4.69, 9.17) is 9.05 Å². The molecule has 0 saturated heterocycles. The van der Waals surface area contributed by atoms with Gasteiger partial charge in [-0.25, -0.2) is 0 Å². The Hall–Kier alpha value is 0.790. The summed E-state index contributed by atoms with van der Waals surface area (Å²) in [5, 5.41) is 0.883. The lowest BCUT2D eigenvalue weighted by molar-refractivity contribution is 0.182. The Balaban J connectivity index is 3.17. The summed E-state index contributed by atoms with van der Waals surface area (Å²) in [4.78, 5) is 9.47. The molecular formula is C13H28BrO3P. The summed E-state index contributed by atoms with van der Waals surface area (Å²) in [6, 6.07) is 0. The van der Waals surface area contributed by atoms with Crippen molar-refractivity contribution in [2.24, 2.45) is 5.92 Å². The van der Waals surface area contributed by atoms with Crippen molar-refractivity contribution in [3.05, 3.63) is 0 Å². The molecule has 0 aliphatic carbocycles. The van der Waals surface area contributed by atoms with Gasteiger partial charge in [0.2, 0.25) is 0 Å². The van der Waals surface area contributed by atoms with Gasteiger partial charge in [0.1, 0.15) is 0 Å². The number of halogens is 1. The van der Waals surface area contributed by atoms with Gasteiger partial charge in [-0.05, 0) is 12.3 Å². The average molecular weight is 343 g/mol. The van der Waals surface area contributed by atoms with Crippen molar-refractivity contribution in [3.63, 3.8) is 0 Å². The van der Waals surface area contributed by atoms with Crippen LogP contribution in [-0.4, -0.2) is 23.4 Å². The van der Waals surface area contributed by atoms with E-state index in [0.717, 1.165) is 11.8 Å².